The highest BCUT2D eigenvalue weighted by Gasteiger charge is 2.21. The van der Waals surface area contributed by atoms with Gasteiger partial charge in [-0.2, -0.15) is 0 Å². The van der Waals surface area contributed by atoms with Gasteiger partial charge >= 0.3 is 6.03 Å². The molecule has 0 unspecified atom stereocenters. The molecule has 0 aliphatic carbocycles. The maximum Gasteiger partial charge on any atom is 0.321 e. The fourth-order valence-corrected chi connectivity index (χ4v) is 3.95. The summed E-state index contributed by atoms with van der Waals surface area (Å²) in [6.07, 6.45) is 1.89. The van der Waals surface area contributed by atoms with Gasteiger partial charge in [0, 0.05) is 60.2 Å². The number of benzene rings is 2. The predicted molar refractivity (Wildman–Crippen MR) is 125 cm³/mol. The molecule has 3 aromatic rings. The summed E-state index contributed by atoms with van der Waals surface area (Å²) in [4.78, 5) is 40.3. The molecule has 1 fully saturated rings. The summed E-state index contributed by atoms with van der Waals surface area (Å²) in [7, 11) is 0. The van der Waals surface area contributed by atoms with Gasteiger partial charge in [0.2, 0.25) is 5.91 Å². The zero-order chi connectivity index (χ0) is 22.7. The van der Waals surface area contributed by atoms with Crippen molar-refractivity contribution in [3.63, 3.8) is 0 Å². The average molecular weight is 434 g/mol. The number of anilines is 2. The Balaban J connectivity index is 1.44. The molecule has 166 valence electrons. The lowest BCUT2D eigenvalue weighted by molar-refractivity contribution is -0.131. The monoisotopic (exact) mass is 433 g/mol. The van der Waals surface area contributed by atoms with Crippen LogP contribution in [0, 0.1) is 0 Å². The molecule has 0 spiro atoms. The van der Waals surface area contributed by atoms with Gasteiger partial charge in [-0.1, -0.05) is 0 Å². The first kappa shape index (κ1) is 21.4. The number of likely N-dealkylation sites (N-methyl/N-ethyl adjacent to an activating group) is 1. The first-order valence-corrected chi connectivity index (χ1v) is 10.8. The number of urea groups is 1. The van der Waals surface area contributed by atoms with Crippen molar-refractivity contribution in [2.45, 2.75) is 20.4 Å². The van der Waals surface area contributed by atoms with Gasteiger partial charge in [-0.05, 0) is 62.4 Å². The summed E-state index contributed by atoms with van der Waals surface area (Å²) < 4.78 is 1.93. The van der Waals surface area contributed by atoms with Crippen LogP contribution in [0.4, 0.5) is 16.2 Å². The molecule has 0 saturated carbocycles. The van der Waals surface area contributed by atoms with E-state index in [2.05, 4.69) is 10.6 Å². The van der Waals surface area contributed by atoms with Crippen LogP contribution in [0.25, 0.3) is 10.9 Å². The Bertz CT molecular complexity index is 1150. The van der Waals surface area contributed by atoms with Crippen LogP contribution in [-0.4, -0.2) is 53.5 Å². The fourth-order valence-electron chi connectivity index (χ4n) is 3.95. The van der Waals surface area contributed by atoms with E-state index in [-0.39, 0.29) is 24.4 Å². The van der Waals surface area contributed by atoms with Crippen molar-refractivity contribution in [1.29, 1.82) is 0 Å². The minimum absolute atomic E-state index is 0.0831. The first-order chi connectivity index (χ1) is 15.5. The molecule has 4 amide bonds. The lowest BCUT2D eigenvalue weighted by atomic mass is 10.1. The molecule has 8 nitrogen and oxygen atoms in total. The van der Waals surface area contributed by atoms with Gasteiger partial charge in [-0.15, -0.1) is 0 Å². The van der Waals surface area contributed by atoms with Gasteiger partial charge in [0.05, 0.1) is 0 Å². The van der Waals surface area contributed by atoms with E-state index >= 15 is 0 Å². The maximum atomic E-state index is 12.7. The van der Waals surface area contributed by atoms with Crippen LogP contribution in [0.15, 0.2) is 54.7 Å². The quantitative estimate of drug-likeness (QED) is 0.599. The van der Waals surface area contributed by atoms with Crippen molar-refractivity contribution in [1.82, 2.24) is 14.8 Å². The third kappa shape index (κ3) is 4.30. The highest BCUT2D eigenvalue weighted by molar-refractivity contribution is 6.05. The molecule has 1 saturated heterocycles. The van der Waals surface area contributed by atoms with E-state index in [0.717, 1.165) is 16.6 Å². The second-order valence-electron chi connectivity index (χ2n) is 7.67. The lowest BCUT2D eigenvalue weighted by Gasteiger charge is -2.19. The molecule has 32 heavy (non-hydrogen) atoms. The molecule has 0 atom stereocenters. The van der Waals surface area contributed by atoms with E-state index in [1.54, 1.807) is 29.2 Å². The summed E-state index contributed by atoms with van der Waals surface area (Å²) in [5.41, 5.74) is 2.89. The Morgan fingerprint density at radius 2 is 1.81 bits per heavy atom. The van der Waals surface area contributed by atoms with Gasteiger partial charge < -0.3 is 20.1 Å². The van der Waals surface area contributed by atoms with E-state index in [4.69, 9.17) is 0 Å². The molecule has 0 radical (unpaired) electrons. The molecule has 1 aliphatic heterocycles. The summed E-state index contributed by atoms with van der Waals surface area (Å²) in [5, 5.41) is 6.63. The van der Waals surface area contributed by atoms with Crippen molar-refractivity contribution in [3.8, 4) is 0 Å². The minimum atomic E-state index is -0.224. The number of hydrogen-bond acceptors (Lipinski definition) is 3. The number of aromatic nitrogens is 1. The Kier molecular flexibility index (Phi) is 6.11. The number of fused-ring (bicyclic) bond motifs is 1. The Morgan fingerprint density at radius 3 is 2.47 bits per heavy atom. The number of hydrogen-bond donors (Lipinski definition) is 2. The van der Waals surface area contributed by atoms with Crippen molar-refractivity contribution >= 4 is 40.1 Å². The summed E-state index contributed by atoms with van der Waals surface area (Å²) in [5.74, 6) is -0.141. The van der Waals surface area contributed by atoms with Crippen LogP contribution in [0.5, 0.6) is 0 Å². The lowest BCUT2D eigenvalue weighted by Crippen LogP contribution is -2.33. The maximum absolute atomic E-state index is 12.7. The molecular formula is C24H27N5O3. The zero-order valence-electron chi connectivity index (χ0n) is 18.3. The van der Waals surface area contributed by atoms with Gasteiger partial charge in [-0.25, -0.2) is 4.79 Å². The third-order valence-electron chi connectivity index (χ3n) is 5.75. The normalized spacial score (nSPS) is 13.3. The highest BCUT2D eigenvalue weighted by atomic mass is 16.2. The number of nitrogens with zero attached hydrogens (tertiary/aromatic N) is 3. The molecule has 2 N–H and O–H groups in total. The molecule has 2 aromatic carbocycles. The van der Waals surface area contributed by atoms with Gasteiger partial charge in [0.15, 0.2) is 0 Å². The van der Waals surface area contributed by atoms with Crippen molar-refractivity contribution in [2.75, 3.05) is 36.4 Å². The molecule has 2 heterocycles. The highest BCUT2D eigenvalue weighted by Crippen LogP contribution is 2.22. The molecule has 0 bridgehead atoms. The first-order valence-electron chi connectivity index (χ1n) is 10.8. The Hall–Kier alpha value is -3.81. The van der Waals surface area contributed by atoms with Crippen LogP contribution in [-0.2, 0) is 11.3 Å². The second-order valence-corrected chi connectivity index (χ2v) is 7.67. The third-order valence-corrected chi connectivity index (χ3v) is 5.75. The number of carbonyl (C=O) groups is 3. The Morgan fingerprint density at radius 1 is 1.06 bits per heavy atom. The van der Waals surface area contributed by atoms with E-state index in [9.17, 15) is 14.4 Å². The largest absolute Gasteiger partial charge is 0.342 e. The van der Waals surface area contributed by atoms with Gasteiger partial charge in [-0.3, -0.25) is 14.5 Å². The number of rotatable bonds is 7. The van der Waals surface area contributed by atoms with E-state index in [1.165, 1.54) is 0 Å². The van der Waals surface area contributed by atoms with E-state index < -0.39 is 0 Å². The molecular weight excluding hydrogens is 406 g/mol. The SMILES string of the molecule is CCN(CC)C(=O)Cn1ccc2cc(NC(=O)c3ccc(N4CCNC4=O)cc3)ccc21. The van der Waals surface area contributed by atoms with Crippen molar-refractivity contribution < 1.29 is 14.4 Å². The zero-order valence-corrected chi connectivity index (χ0v) is 18.3. The van der Waals surface area contributed by atoms with Crippen LogP contribution < -0.4 is 15.5 Å². The smallest absolute Gasteiger partial charge is 0.321 e. The van der Waals surface area contributed by atoms with Gasteiger partial charge in [0.25, 0.3) is 5.91 Å². The predicted octanol–water partition coefficient (Wildman–Crippen LogP) is 3.29. The Labute approximate surface area is 186 Å². The number of nitrogens with one attached hydrogen (secondary N) is 2. The van der Waals surface area contributed by atoms with Crippen LogP contribution in [0.2, 0.25) is 0 Å². The standard InChI is InChI=1S/C24H27N5O3/c1-3-27(4-2)22(30)16-28-13-11-18-15-19(7-10-21(18)28)26-23(31)17-5-8-20(9-6-17)29-14-12-25-24(29)32/h5-11,13,15H,3-4,12,14,16H2,1-2H3,(H,25,32)(H,26,31). The summed E-state index contributed by atoms with van der Waals surface area (Å²) in [6.45, 7) is 6.85. The van der Waals surface area contributed by atoms with Crippen LogP contribution >= 0.6 is 0 Å². The number of carbonyl (C=O) groups excluding carboxylic acids is 3. The topological polar surface area (TPSA) is 86.7 Å². The fraction of sp³-hybridized carbons (Fsp3) is 0.292. The molecule has 8 heteroatoms. The minimum Gasteiger partial charge on any atom is -0.342 e. The van der Waals surface area contributed by atoms with Crippen molar-refractivity contribution in [2.24, 2.45) is 0 Å². The summed E-state index contributed by atoms with van der Waals surface area (Å²) >= 11 is 0. The van der Waals surface area contributed by atoms with Crippen LogP contribution in [0.1, 0.15) is 24.2 Å². The van der Waals surface area contributed by atoms with Crippen LogP contribution in [0.3, 0.4) is 0 Å². The average Bonchev–Trinajstić information content (AvgIpc) is 3.40. The van der Waals surface area contributed by atoms with E-state index in [0.29, 0.717) is 37.4 Å². The van der Waals surface area contributed by atoms with Gasteiger partial charge in [0.1, 0.15) is 6.54 Å². The summed E-state index contributed by atoms with van der Waals surface area (Å²) in [6, 6.07) is 14.4. The molecule has 1 aromatic heterocycles. The van der Waals surface area contributed by atoms with Crippen molar-refractivity contribution in [3.05, 3.63) is 60.3 Å². The second kappa shape index (κ2) is 9.13. The number of amides is 4. The van der Waals surface area contributed by atoms with E-state index in [1.807, 2.05) is 53.8 Å². The molecule has 1 aliphatic rings. The molecule has 4 rings (SSSR count).